The Morgan fingerprint density at radius 1 is 1.17 bits per heavy atom. The largest absolute Gasteiger partial charge is 0.392 e. The van der Waals surface area contributed by atoms with Crippen LogP contribution in [0.3, 0.4) is 0 Å². The molecule has 0 spiro atoms. The Bertz CT molecular complexity index is 478. The smallest absolute Gasteiger partial charge is 0.204 e. The number of hydrogen-bond donors (Lipinski definition) is 1. The molecule has 5 nitrogen and oxygen atoms in total. The number of tetrazole rings is 1. The highest BCUT2D eigenvalue weighted by Gasteiger charge is 2.05. The number of aliphatic hydroxyl groups excluding tert-OH is 1. The van der Waals surface area contributed by atoms with Gasteiger partial charge in [-0.25, -0.2) is 0 Å². The number of rotatable bonds is 6. The second-order valence-electron chi connectivity index (χ2n) is 4.27. The number of nitrogens with zero attached hydrogens (tertiary/aromatic N) is 4. The van der Waals surface area contributed by atoms with Crippen molar-refractivity contribution in [3.05, 3.63) is 29.8 Å². The summed E-state index contributed by atoms with van der Waals surface area (Å²) in [6.45, 7) is 3.04. The van der Waals surface area contributed by atoms with Gasteiger partial charge in [-0.3, -0.25) is 0 Å². The molecule has 96 valence electrons. The van der Waals surface area contributed by atoms with E-state index in [-0.39, 0.29) is 6.61 Å². The average Bonchev–Trinajstić information content (AvgIpc) is 2.88. The van der Waals surface area contributed by atoms with Crippen molar-refractivity contribution in [2.24, 2.45) is 0 Å². The van der Waals surface area contributed by atoms with E-state index < -0.39 is 0 Å². The lowest BCUT2D eigenvalue weighted by Crippen LogP contribution is -2.02. The van der Waals surface area contributed by atoms with Crippen molar-refractivity contribution in [1.82, 2.24) is 20.2 Å². The molecule has 0 saturated heterocycles. The van der Waals surface area contributed by atoms with Gasteiger partial charge in [-0.2, -0.15) is 4.80 Å². The zero-order valence-electron chi connectivity index (χ0n) is 10.6. The van der Waals surface area contributed by atoms with Crippen LogP contribution in [0.4, 0.5) is 0 Å². The van der Waals surface area contributed by atoms with Crippen LogP contribution in [0.1, 0.15) is 31.7 Å². The number of unbranched alkanes of at least 4 members (excludes halogenated alkanes) is 2. The quantitative estimate of drug-likeness (QED) is 0.792. The normalized spacial score (nSPS) is 10.8. The number of benzene rings is 1. The summed E-state index contributed by atoms with van der Waals surface area (Å²) in [7, 11) is 0. The fourth-order valence-corrected chi connectivity index (χ4v) is 1.72. The first kappa shape index (κ1) is 12.7. The van der Waals surface area contributed by atoms with E-state index in [1.165, 1.54) is 12.8 Å². The lowest BCUT2D eigenvalue weighted by molar-refractivity contribution is 0.282. The van der Waals surface area contributed by atoms with Crippen molar-refractivity contribution < 1.29 is 5.11 Å². The van der Waals surface area contributed by atoms with Gasteiger partial charge in [-0.1, -0.05) is 44.0 Å². The Morgan fingerprint density at radius 2 is 1.94 bits per heavy atom. The minimum Gasteiger partial charge on any atom is -0.392 e. The van der Waals surface area contributed by atoms with Crippen LogP contribution in [-0.4, -0.2) is 25.3 Å². The molecule has 1 aromatic carbocycles. The lowest BCUT2D eigenvalue weighted by Gasteiger charge is -1.98. The number of hydrogen-bond acceptors (Lipinski definition) is 4. The molecule has 0 aliphatic rings. The van der Waals surface area contributed by atoms with Crippen LogP contribution < -0.4 is 0 Å². The molecule has 2 rings (SSSR count). The second-order valence-corrected chi connectivity index (χ2v) is 4.27. The molecular weight excluding hydrogens is 228 g/mol. The lowest BCUT2D eigenvalue weighted by atomic mass is 10.1. The molecule has 0 amide bonds. The van der Waals surface area contributed by atoms with Crippen molar-refractivity contribution in [1.29, 1.82) is 0 Å². The molecule has 0 fully saturated rings. The van der Waals surface area contributed by atoms with Crippen LogP contribution in [-0.2, 0) is 13.2 Å². The molecular formula is C13H18N4O. The Hall–Kier alpha value is -1.75. The van der Waals surface area contributed by atoms with Crippen LogP contribution in [0.15, 0.2) is 24.3 Å². The zero-order valence-corrected chi connectivity index (χ0v) is 10.6. The molecule has 0 aliphatic carbocycles. The Labute approximate surface area is 106 Å². The molecule has 2 aromatic rings. The molecule has 0 aliphatic heterocycles. The van der Waals surface area contributed by atoms with Gasteiger partial charge < -0.3 is 5.11 Å². The number of aromatic nitrogens is 4. The maximum atomic E-state index is 8.98. The van der Waals surface area contributed by atoms with Crippen LogP contribution in [0, 0.1) is 0 Å². The summed E-state index contributed by atoms with van der Waals surface area (Å²) in [5.74, 6) is 0.635. The summed E-state index contributed by atoms with van der Waals surface area (Å²) in [6.07, 6.45) is 3.45. The van der Waals surface area contributed by atoms with Crippen LogP contribution >= 0.6 is 0 Å². The molecule has 1 aromatic heterocycles. The molecule has 5 heteroatoms. The molecule has 1 heterocycles. The van der Waals surface area contributed by atoms with Crippen LogP contribution in [0.25, 0.3) is 11.4 Å². The van der Waals surface area contributed by atoms with Gasteiger partial charge >= 0.3 is 0 Å². The first-order valence-corrected chi connectivity index (χ1v) is 6.31. The summed E-state index contributed by atoms with van der Waals surface area (Å²) >= 11 is 0. The van der Waals surface area contributed by atoms with E-state index in [1.54, 1.807) is 4.80 Å². The van der Waals surface area contributed by atoms with Crippen molar-refractivity contribution in [3.8, 4) is 11.4 Å². The third-order valence-electron chi connectivity index (χ3n) is 2.81. The van der Waals surface area contributed by atoms with Gasteiger partial charge in [0.05, 0.1) is 13.2 Å². The van der Waals surface area contributed by atoms with Gasteiger partial charge in [-0.05, 0) is 17.2 Å². The molecule has 1 N–H and O–H groups in total. The highest BCUT2D eigenvalue weighted by molar-refractivity contribution is 5.54. The predicted molar refractivity (Wildman–Crippen MR) is 68.7 cm³/mol. The van der Waals surface area contributed by atoms with E-state index in [2.05, 4.69) is 22.3 Å². The van der Waals surface area contributed by atoms with Gasteiger partial charge in [0.1, 0.15) is 0 Å². The third kappa shape index (κ3) is 3.13. The van der Waals surface area contributed by atoms with Crippen LogP contribution in [0.2, 0.25) is 0 Å². The molecule has 18 heavy (non-hydrogen) atoms. The second kappa shape index (κ2) is 6.26. The molecule has 0 saturated carbocycles. The van der Waals surface area contributed by atoms with Gasteiger partial charge in [0.2, 0.25) is 5.82 Å². The first-order valence-electron chi connectivity index (χ1n) is 6.31. The zero-order chi connectivity index (χ0) is 12.8. The highest BCUT2D eigenvalue weighted by Crippen LogP contribution is 2.14. The molecule has 0 unspecified atom stereocenters. The molecule has 0 bridgehead atoms. The minimum absolute atomic E-state index is 0.0530. The summed E-state index contributed by atoms with van der Waals surface area (Å²) in [5.41, 5.74) is 1.81. The van der Waals surface area contributed by atoms with Crippen molar-refractivity contribution in [2.75, 3.05) is 0 Å². The summed E-state index contributed by atoms with van der Waals surface area (Å²) in [4.78, 5) is 1.64. The first-order chi connectivity index (χ1) is 8.83. The van der Waals surface area contributed by atoms with E-state index in [1.807, 2.05) is 24.3 Å². The van der Waals surface area contributed by atoms with Crippen LogP contribution in [0.5, 0.6) is 0 Å². The van der Waals surface area contributed by atoms with Crippen molar-refractivity contribution >= 4 is 0 Å². The summed E-state index contributed by atoms with van der Waals surface area (Å²) < 4.78 is 0. The summed E-state index contributed by atoms with van der Waals surface area (Å²) in [5, 5.41) is 21.4. The van der Waals surface area contributed by atoms with Gasteiger partial charge in [-0.15, -0.1) is 10.2 Å². The fraction of sp³-hybridized carbons (Fsp3) is 0.462. The molecule has 0 radical (unpaired) electrons. The third-order valence-corrected chi connectivity index (χ3v) is 2.81. The Morgan fingerprint density at radius 3 is 2.61 bits per heavy atom. The topological polar surface area (TPSA) is 63.8 Å². The van der Waals surface area contributed by atoms with E-state index >= 15 is 0 Å². The van der Waals surface area contributed by atoms with E-state index in [0.717, 1.165) is 24.1 Å². The highest BCUT2D eigenvalue weighted by atomic mass is 16.3. The van der Waals surface area contributed by atoms with Crippen molar-refractivity contribution in [2.45, 2.75) is 39.3 Å². The summed E-state index contributed by atoms with van der Waals surface area (Å²) in [6, 6.07) is 7.54. The SMILES string of the molecule is CCCCCn1nnc(-c2ccc(CO)cc2)n1. The Balaban J connectivity index is 2.04. The Kier molecular flexibility index (Phi) is 4.41. The minimum atomic E-state index is 0.0530. The van der Waals surface area contributed by atoms with Gasteiger partial charge in [0.15, 0.2) is 0 Å². The van der Waals surface area contributed by atoms with E-state index in [9.17, 15) is 0 Å². The van der Waals surface area contributed by atoms with E-state index in [4.69, 9.17) is 5.11 Å². The predicted octanol–water partition coefficient (Wildman–Crippen LogP) is 2.02. The number of aliphatic hydroxyl groups is 1. The van der Waals surface area contributed by atoms with Crippen molar-refractivity contribution in [3.63, 3.8) is 0 Å². The van der Waals surface area contributed by atoms with Gasteiger partial charge in [0.25, 0.3) is 0 Å². The monoisotopic (exact) mass is 246 g/mol. The van der Waals surface area contributed by atoms with E-state index in [0.29, 0.717) is 5.82 Å². The maximum absolute atomic E-state index is 8.98. The molecule has 0 atom stereocenters. The fourth-order valence-electron chi connectivity index (χ4n) is 1.72. The maximum Gasteiger partial charge on any atom is 0.204 e. The standard InChI is InChI=1S/C13H18N4O/c1-2-3-4-9-17-15-13(14-16-17)12-7-5-11(10-18)6-8-12/h5-8,18H,2-4,9-10H2,1H3. The van der Waals surface area contributed by atoms with Gasteiger partial charge in [0, 0.05) is 5.56 Å². The number of aryl methyl sites for hydroxylation is 1. The average molecular weight is 246 g/mol.